The minimum atomic E-state index is 0.315. The van der Waals surface area contributed by atoms with E-state index in [9.17, 15) is 0 Å². The molecule has 0 fully saturated rings. The van der Waals surface area contributed by atoms with Crippen molar-refractivity contribution in [2.45, 2.75) is 33.2 Å². The fraction of sp³-hybridized carbons (Fsp3) is 0.500. The van der Waals surface area contributed by atoms with Gasteiger partial charge in [-0.1, -0.05) is 12.1 Å². The van der Waals surface area contributed by atoms with Gasteiger partial charge in [-0.05, 0) is 26.5 Å². The van der Waals surface area contributed by atoms with Gasteiger partial charge in [-0.15, -0.1) is 0 Å². The molecule has 18 heavy (non-hydrogen) atoms. The molecule has 2 heterocycles. The van der Waals surface area contributed by atoms with Crippen molar-refractivity contribution in [2.75, 3.05) is 6.54 Å². The van der Waals surface area contributed by atoms with E-state index in [0.29, 0.717) is 35.7 Å². The van der Waals surface area contributed by atoms with Crippen LogP contribution in [-0.4, -0.2) is 32.7 Å². The first kappa shape index (κ1) is 12.6. The number of likely N-dealkylation sites (N-methyl/N-ethyl adjacent to an activating group) is 1. The first-order chi connectivity index (χ1) is 8.69. The lowest BCUT2D eigenvalue weighted by Gasteiger charge is -2.07. The highest BCUT2D eigenvalue weighted by atomic mass is 16.5. The molecule has 2 aromatic rings. The van der Waals surface area contributed by atoms with Crippen LogP contribution in [0.1, 0.15) is 25.6 Å². The van der Waals surface area contributed by atoms with Crippen LogP contribution in [0.4, 0.5) is 0 Å². The molecule has 6 heteroatoms. The van der Waals surface area contributed by atoms with Crippen LogP contribution < -0.4 is 5.32 Å². The molecule has 1 atom stereocenters. The molecule has 0 saturated carbocycles. The Morgan fingerprint density at radius 3 is 2.94 bits per heavy atom. The topological polar surface area (TPSA) is 76.7 Å². The first-order valence-electron chi connectivity index (χ1n) is 6.05. The van der Waals surface area contributed by atoms with Crippen LogP contribution in [0.3, 0.4) is 0 Å². The molecule has 0 amide bonds. The Bertz CT molecular complexity index is 511. The van der Waals surface area contributed by atoms with Crippen LogP contribution in [-0.2, 0) is 6.42 Å². The third kappa shape index (κ3) is 3.10. The van der Waals surface area contributed by atoms with Gasteiger partial charge in [0.2, 0.25) is 11.7 Å². The monoisotopic (exact) mass is 247 g/mol. The molecule has 0 aliphatic carbocycles. The number of nitrogens with one attached hydrogen (secondary N) is 1. The van der Waals surface area contributed by atoms with Gasteiger partial charge >= 0.3 is 0 Å². The Morgan fingerprint density at radius 1 is 1.39 bits per heavy atom. The Balaban J connectivity index is 2.10. The average molecular weight is 247 g/mol. The van der Waals surface area contributed by atoms with Crippen LogP contribution in [0.25, 0.3) is 11.5 Å². The van der Waals surface area contributed by atoms with E-state index in [4.69, 9.17) is 4.52 Å². The van der Waals surface area contributed by atoms with Crippen molar-refractivity contribution in [3.05, 3.63) is 24.0 Å². The van der Waals surface area contributed by atoms with E-state index in [2.05, 4.69) is 39.3 Å². The fourth-order valence-electron chi connectivity index (χ4n) is 1.71. The molecular formula is C12H17N5O. The van der Waals surface area contributed by atoms with E-state index in [0.717, 1.165) is 6.54 Å². The highest BCUT2D eigenvalue weighted by molar-refractivity contribution is 5.46. The van der Waals surface area contributed by atoms with Crippen LogP contribution >= 0.6 is 0 Å². The number of hydrogen-bond donors (Lipinski definition) is 1. The summed E-state index contributed by atoms with van der Waals surface area (Å²) in [5, 5.41) is 7.24. The summed E-state index contributed by atoms with van der Waals surface area (Å²) in [6.45, 7) is 6.91. The van der Waals surface area contributed by atoms with Crippen molar-refractivity contribution in [1.29, 1.82) is 0 Å². The van der Waals surface area contributed by atoms with E-state index in [1.807, 2.05) is 6.92 Å². The lowest BCUT2D eigenvalue weighted by atomic mass is 10.2. The highest BCUT2D eigenvalue weighted by Crippen LogP contribution is 2.13. The summed E-state index contributed by atoms with van der Waals surface area (Å²) in [6.07, 6.45) is 2.40. The van der Waals surface area contributed by atoms with Gasteiger partial charge in [0.05, 0.1) is 0 Å². The highest BCUT2D eigenvalue weighted by Gasteiger charge is 2.12. The predicted molar refractivity (Wildman–Crippen MR) is 66.9 cm³/mol. The van der Waals surface area contributed by atoms with Crippen LogP contribution in [0.2, 0.25) is 0 Å². The zero-order chi connectivity index (χ0) is 13.0. The number of aromatic nitrogens is 4. The van der Waals surface area contributed by atoms with Crippen molar-refractivity contribution in [3.63, 3.8) is 0 Å². The number of aryl methyl sites for hydroxylation is 1. The maximum Gasteiger partial charge on any atom is 0.228 e. The molecule has 96 valence electrons. The Morgan fingerprint density at radius 2 is 2.22 bits per heavy atom. The summed E-state index contributed by atoms with van der Waals surface area (Å²) < 4.78 is 5.21. The second-order valence-electron chi connectivity index (χ2n) is 4.16. The number of nitrogens with zero attached hydrogens (tertiary/aromatic N) is 4. The zero-order valence-electron chi connectivity index (χ0n) is 10.8. The molecule has 0 spiro atoms. The van der Waals surface area contributed by atoms with E-state index < -0.39 is 0 Å². The molecule has 1 N–H and O–H groups in total. The minimum Gasteiger partial charge on any atom is -0.339 e. The van der Waals surface area contributed by atoms with E-state index in [1.54, 1.807) is 12.3 Å². The van der Waals surface area contributed by atoms with Gasteiger partial charge in [-0.2, -0.15) is 4.98 Å². The maximum atomic E-state index is 5.21. The number of hydrogen-bond acceptors (Lipinski definition) is 6. The van der Waals surface area contributed by atoms with Gasteiger partial charge in [0, 0.05) is 18.7 Å². The molecule has 0 aromatic carbocycles. The van der Waals surface area contributed by atoms with Crippen molar-refractivity contribution in [1.82, 2.24) is 25.4 Å². The molecule has 0 radical (unpaired) electrons. The van der Waals surface area contributed by atoms with Crippen molar-refractivity contribution >= 4 is 0 Å². The SMILES string of the molecule is CCNC(C)Cc1nc(-c2ccnc(C)n2)no1. The van der Waals surface area contributed by atoms with Gasteiger partial charge in [-0.25, -0.2) is 9.97 Å². The summed E-state index contributed by atoms with van der Waals surface area (Å²) in [7, 11) is 0. The van der Waals surface area contributed by atoms with E-state index in [-0.39, 0.29) is 0 Å². The molecule has 0 aliphatic rings. The second-order valence-corrected chi connectivity index (χ2v) is 4.16. The van der Waals surface area contributed by atoms with Crippen molar-refractivity contribution < 1.29 is 4.52 Å². The van der Waals surface area contributed by atoms with Crippen molar-refractivity contribution in [2.24, 2.45) is 0 Å². The van der Waals surface area contributed by atoms with Crippen LogP contribution in [0.15, 0.2) is 16.8 Å². The lowest BCUT2D eigenvalue weighted by Crippen LogP contribution is -2.27. The third-order valence-electron chi connectivity index (χ3n) is 2.51. The standard InChI is InChI=1S/C12H17N5O/c1-4-13-8(2)7-11-16-12(17-18-11)10-5-6-14-9(3)15-10/h5-6,8,13H,4,7H2,1-3H3. The van der Waals surface area contributed by atoms with E-state index >= 15 is 0 Å². The molecule has 6 nitrogen and oxygen atoms in total. The van der Waals surface area contributed by atoms with Gasteiger partial charge in [0.15, 0.2) is 0 Å². The Labute approximate surface area is 106 Å². The smallest absolute Gasteiger partial charge is 0.228 e. The summed E-state index contributed by atoms with van der Waals surface area (Å²) in [4.78, 5) is 12.6. The van der Waals surface area contributed by atoms with Gasteiger partial charge in [0.25, 0.3) is 0 Å². The van der Waals surface area contributed by atoms with Gasteiger partial charge in [-0.3, -0.25) is 0 Å². The fourth-order valence-corrected chi connectivity index (χ4v) is 1.71. The predicted octanol–water partition coefficient (Wildman–Crippen LogP) is 1.38. The molecule has 0 bridgehead atoms. The summed E-state index contributed by atoms with van der Waals surface area (Å²) >= 11 is 0. The molecule has 2 rings (SSSR count). The van der Waals surface area contributed by atoms with Gasteiger partial charge < -0.3 is 9.84 Å². The van der Waals surface area contributed by atoms with Crippen LogP contribution in [0, 0.1) is 6.92 Å². The van der Waals surface area contributed by atoms with Crippen molar-refractivity contribution in [3.8, 4) is 11.5 Å². The Kier molecular flexibility index (Phi) is 3.99. The summed E-state index contributed by atoms with van der Waals surface area (Å²) in [5.41, 5.74) is 0.689. The lowest BCUT2D eigenvalue weighted by molar-refractivity contribution is 0.363. The quantitative estimate of drug-likeness (QED) is 0.860. The molecular weight excluding hydrogens is 230 g/mol. The molecule has 1 unspecified atom stereocenters. The normalized spacial score (nSPS) is 12.6. The number of rotatable bonds is 5. The third-order valence-corrected chi connectivity index (χ3v) is 2.51. The zero-order valence-corrected chi connectivity index (χ0v) is 10.8. The van der Waals surface area contributed by atoms with E-state index in [1.165, 1.54) is 0 Å². The van der Waals surface area contributed by atoms with Gasteiger partial charge in [0.1, 0.15) is 11.5 Å². The van der Waals surface area contributed by atoms with Crippen LogP contribution in [0.5, 0.6) is 0 Å². The summed E-state index contributed by atoms with van der Waals surface area (Å²) in [6, 6.07) is 2.09. The minimum absolute atomic E-state index is 0.315. The summed E-state index contributed by atoms with van der Waals surface area (Å²) in [5.74, 6) is 1.83. The molecule has 0 aliphatic heterocycles. The molecule has 2 aromatic heterocycles. The first-order valence-corrected chi connectivity index (χ1v) is 6.05. The average Bonchev–Trinajstić information content (AvgIpc) is 2.78. The Hall–Kier alpha value is -1.82. The largest absolute Gasteiger partial charge is 0.339 e. The second kappa shape index (κ2) is 5.68. The maximum absolute atomic E-state index is 5.21. The molecule has 0 saturated heterocycles.